The molecular weight excluding hydrogens is 540 g/mol. The Morgan fingerprint density at radius 3 is 2.24 bits per heavy atom. The van der Waals surface area contributed by atoms with E-state index in [1.165, 1.54) is 6.20 Å². The van der Waals surface area contributed by atoms with Gasteiger partial charge < -0.3 is 25.8 Å². The predicted molar refractivity (Wildman–Crippen MR) is 163 cm³/mol. The molecule has 0 spiro atoms. The highest BCUT2D eigenvalue weighted by Crippen LogP contribution is 2.38. The highest BCUT2D eigenvalue weighted by molar-refractivity contribution is 7.71. The molecule has 1 aromatic heterocycles. The van der Waals surface area contributed by atoms with Gasteiger partial charge in [0.2, 0.25) is 0 Å². The first-order valence-corrected chi connectivity index (χ1v) is 15.0. The number of anilines is 2. The summed E-state index contributed by atoms with van der Waals surface area (Å²) in [6.45, 7) is 8.08. The van der Waals surface area contributed by atoms with Gasteiger partial charge in [0.05, 0.1) is 35.7 Å². The second-order valence-electron chi connectivity index (χ2n) is 9.43. The van der Waals surface area contributed by atoms with Crippen LogP contribution in [0.25, 0.3) is 10.9 Å². The summed E-state index contributed by atoms with van der Waals surface area (Å²) >= 11 is 0. The zero-order valence-electron chi connectivity index (χ0n) is 23.5. The molecule has 0 saturated carbocycles. The number of carbonyl (C=O) groups is 1. The van der Waals surface area contributed by atoms with Crippen LogP contribution < -0.4 is 25.8 Å². The van der Waals surface area contributed by atoms with Crippen molar-refractivity contribution in [2.75, 3.05) is 18.5 Å². The Hall–Kier alpha value is -4.15. The number of thiol groups is 1. The molecule has 1 amide bonds. The van der Waals surface area contributed by atoms with Gasteiger partial charge in [-0.15, -0.1) is 0 Å². The van der Waals surface area contributed by atoms with Gasteiger partial charge >= 0.3 is 0 Å². The van der Waals surface area contributed by atoms with Gasteiger partial charge in [-0.1, -0.05) is 43.3 Å². The van der Waals surface area contributed by atoms with Gasteiger partial charge in [-0.25, -0.2) is 8.42 Å². The minimum atomic E-state index is -2.44. The van der Waals surface area contributed by atoms with Crippen LogP contribution in [0.5, 0.6) is 11.5 Å². The maximum Gasteiger partial charge on any atom is 0.252 e. The van der Waals surface area contributed by atoms with Gasteiger partial charge in [0.1, 0.15) is 10.7 Å². The Bertz CT molecular complexity index is 1590. The zero-order chi connectivity index (χ0) is 29.4. The standard InChI is InChI=1S/C31H36N4O5S/c1-4-23-22(17-33-16-20-10-12-21(13-11-20)19-41(37)38)8-7-9-26(23)35-30-24-14-28(39-5-2)29(40-6-3)15-27(24)34-18-25(30)31(32)36/h7-15,18,33,41H,4-6,16-17,19H2,1-3H3,(H2,32,36)(H,34,35). The lowest BCUT2D eigenvalue weighted by Crippen LogP contribution is -2.16. The number of carbonyl (C=O) groups excluding carboxylic acids is 1. The summed E-state index contributed by atoms with van der Waals surface area (Å²) in [6, 6.07) is 17.2. The number of rotatable bonds is 14. The first-order valence-electron chi connectivity index (χ1n) is 13.6. The minimum Gasteiger partial charge on any atom is -0.490 e. The van der Waals surface area contributed by atoms with Crippen LogP contribution in [-0.2, 0) is 36.0 Å². The third-order valence-corrected chi connectivity index (χ3v) is 7.29. The van der Waals surface area contributed by atoms with E-state index in [1.54, 1.807) is 0 Å². The molecule has 4 rings (SSSR count). The molecule has 0 radical (unpaired) electrons. The molecule has 4 N–H and O–H groups in total. The SMILES string of the molecule is CCOc1cc2ncc(C(N)=O)c(Nc3cccc(CNCc4ccc(C[SH](=O)=O)cc4)c3CC)c2cc1OCC. The normalized spacial score (nSPS) is 11.1. The van der Waals surface area contributed by atoms with Crippen molar-refractivity contribution in [1.82, 2.24) is 10.3 Å². The summed E-state index contributed by atoms with van der Waals surface area (Å²) in [4.78, 5) is 16.9. The number of primary amides is 1. The Morgan fingerprint density at radius 1 is 0.927 bits per heavy atom. The maximum atomic E-state index is 12.5. The lowest BCUT2D eigenvalue weighted by Gasteiger charge is -2.19. The van der Waals surface area contributed by atoms with Gasteiger partial charge in [-0.3, -0.25) is 9.78 Å². The molecule has 0 aliphatic carbocycles. The Labute approximate surface area is 242 Å². The molecule has 0 aliphatic heterocycles. The fourth-order valence-corrected chi connectivity index (χ4v) is 5.29. The van der Waals surface area contributed by atoms with E-state index in [0.29, 0.717) is 54.4 Å². The third-order valence-electron chi connectivity index (χ3n) is 6.66. The second kappa shape index (κ2) is 14.0. The molecule has 0 bridgehead atoms. The van der Waals surface area contributed by atoms with Crippen LogP contribution in [0.2, 0.25) is 0 Å². The molecule has 0 saturated heterocycles. The van der Waals surface area contributed by atoms with E-state index in [-0.39, 0.29) is 11.3 Å². The highest BCUT2D eigenvalue weighted by atomic mass is 32.2. The monoisotopic (exact) mass is 576 g/mol. The van der Waals surface area contributed by atoms with E-state index in [4.69, 9.17) is 15.2 Å². The number of aromatic nitrogens is 1. The molecule has 41 heavy (non-hydrogen) atoms. The van der Waals surface area contributed by atoms with Gasteiger partial charge in [0.15, 0.2) is 11.5 Å². The number of hydrogen-bond acceptors (Lipinski definition) is 8. The van der Waals surface area contributed by atoms with Crippen LogP contribution in [0.15, 0.2) is 60.8 Å². The van der Waals surface area contributed by atoms with Crippen molar-refractivity contribution >= 4 is 38.9 Å². The van der Waals surface area contributed by atoms with Crippen LogP contribution in [0, 0.1) is 0 Å². The first kappa shape index (κ1) is 29.8. The molecule has 0 aliphatic rings. The Balaban J connectivity index is 1.63. The van der Waals surface area contributed by atoms with Crippen molar-refractivity contribution < 1.29 is 22.7 Å². The second-order valence-corrected chi connectivity index (χ2v) is 10.4. The lowest BCUT2D eigenvalue weighted by atomic mass is 10.0. The van der Waals surface area contributed by atoms with E-state index < -0.39 is 16.6 Å². The average Bonchev–Trinajstić information content (AvgIpc) is 2.94. The van der Waals surface area contributed by atoms with Crippen molar-refractivity contribution in [3.05, 3.63) is 88.6 Å². The number of amides is 1. The van der Waals surface area contributed by atoms with Crippen molar-refractivity contribution in [2.45, 2.75) is 46.0 Å². The van der Waals surface area contributed by atoms with Crippen molar-refractivity contribution in [3.63, 3.8) is 0 Å². The number of nitrogens with one attached hydrogen (secondary N) is 2. The van der Waals surface area contributed by atoms with E-state index >= 15 is 0 Å². The van der Waals surface area contributed by atoms with E-state index in [1.807, 2.05) is 62.4 Å². The van der Waals surface area contributed by atoms with Crippen molar-refractivity contribution in [1.29, 1.82) is 0 Å². The third kappa shape index (κ3) is 7.33. The maximum absolute atomic E-state index is 12.5. The summed E-state index contributed by atoms with van der Waals surface area (Å²) in [6.07, 6.45) is 2.25. The molecule has 0 atom stereocenters. The Morgan fingerprint density at radius 2 is 1.61 bits per heavy atom. The quantitative estimate of drug-likeness (QED) is 0.157. The predicted octanol–water partition coefficient (Wildman–Crippen LogP) is 4.84. The van der Waals surface area contributed by atoms with Crippen LogP contribution in [0.4, 0.5) is 11.4 Å². The Kier molecular flexibility index (Phi) is 10.2. The van der Waals surface area contributed by atoms with E-state index in [0.717, 1.165) is 34.4 Å². The summed E-state index contributed by atoms with van der Waals surface area (Å²) in [7, 11) is -2.44. The topological polar surface area (TPSA) is 133 Å². The zero-order valence-corrected chi connectivity index (χ0v) is 24.4. The van der Waals surface area contributed by atoms with Gasteiger partial charge in [-0.2, -0.15) is 0 Å². The number of nitrogens with zero attached hydrogens (tertiary/aromatic N) is 1. The fraction of sp³-hybridized carbons (Fsp3) is 0.290. The van der Waals surface area contributed by atoms with E-state index in [2.05, 4.69) is 28.6 Å². The van der Waals surface area contributed by atoms with E-state index in [9.17, 15) is 13.2 Å². The molecule has 4 aromatic rings. The van der Waals surface area contributed by atoms with Crippen molar-refractivity contribution in [3.8, 4) is 11.5 Å². The van der Waals surface area contributed by atoms with Crippen LogP contribution in [0.3, 0.4) is 0 Å². The number of hydrogen-bond donors (Lipinski definition) is 4. The molecule has 9 nitrogen and oxygen atoms in total. The number of pyridine rings is 1. The van der Waals surface area contributed by atoms with Crippen LogP contribution in [0.1, 0.15) is 53.4 Å². The molecule has 10 heteroatoms. The lowest BCUT2D eigenvalue weighted by molar-refractivity contribution is 0.100. The molecule has 3 aromatic carbocycles. The smallest absolute Gasteiger partial charge is 0.252 e. The number of fused-ring (bicyclic) bond motifs is 1. The van der Waals surface area contributed by atoms with Gasteiger partial charge in [-0.05, 0) is 54.7 Å². The molecule has 216 valence electrons. The summed E-state index contributed by atoms with van der Waals surface area (Å²) in [5, 5.41) is 7.67. The number of ether oxygens (including phenoxy) is 2. The summed E-state index contributed by atoms with van der Waals surface area (Å²) in [5.74, 6) is 0.618. The molecular formula is C31H36N4O5S. The van der Waals surface area contributed by atoms with Crippen LogP contribution >= 0.6 is 0 Å². The molecule has 1 heterocycles. The molecule has 0 unspecified atom stereocenters. The van der Waals surface area contributed by atoms with Crippen LogP contribution in [-0.4, -0.2) is 32.5 Å². The largest absolute Gasteiger partial charge is 0.490 e. The van der Waals surface area contributed by atoms with Gasteiger partial charge in [0.25, 0.3) is 5.91 Å². The van der Waals surface area contributed by atoms with Crippen molar-refractivity contribution in [2.24, 2.45) is 5.73 Å². The highest BCUT2D eigenvalue weighted by Gasteiger charge is 2.18. The molecule has 0 fully saturated rings. The van der Waals surface area contributed by atoms with Gasteiger partial charge in [0, 0.05) is 36.4 Å². The number of nitrogens with two attached hydrogens (primary N) is 1. The average molecular weight is 577 g/mol. The minimum absolute atomic E-state index is 0.0492. The first-order chi connectivity index (χ1) is 19.8. The summed E-state index contributed by atoms with van der Waals surface area (Å²) in [5.41, 5.74) is 12.2. The number of benzene rings is 3. The summed E-state index contributed by atoms with van der Waals surface area (Å²) < 4.78 is 33.5. The fourth-order valence-electron chi connectivity index (χ4n) is 4.78.